The summed E-state index contributed by atoms with van der Waals surface area (Å²) in [5.41, 5.74) is 0.857. The molecule has 1 heterocycles. The minimum atomic E-state index is -0.471. The summed E-state index contributed by atoms with van der Waals surface area (Å²) in [6.45, 7) is 5.34. The van der Waals surface area contributed by atoms with E-state index in [1.54, 1.807) is 0 Å². The van der Waals surface area contributed by atoms with Crippen LogP contribution in [0.3, 0.4) is 0 Å². The molecule has 94 valence electrons. The Labute approximate surface area is 102 Å². The zero-order valence-electron chi connectivity index (χ0n) is 10.5. The Morgan fingerprint density at radius 3 is 2.59 bits per heavy atom. The number of ether oxygens (including phenoxy) is 2. The molecule has 2 rings (SSSR count). The van der Waals surface area contributed by atoms with Crippen LogP contribution in [0.4, 0.5) is 0 Å². The summed E-state index contributed by atoms with van der Waals surface area (Å²) in [4.78, 5) is 0. The highest BCUT2D eigenvalue weighted by molar-refractivity contribution is 5.48. The highest BCUT2D eigenvalue weighted by Crippen LogP contribution is 2.40. The fourth-order valence-electron chi connectivity index (χ4n) is 2.32. The van der Waals surface area contributed by atoms with E-state index >= 15 is 0 Å². The Morgan fingerprint density at radius 2 is 1.88 bits per heavy atom. The molecular formula is C14H20O3. The molecule has 0 fully saturated rings. The van der Waals surface area contributed by atoms with E-state index in [4.69, 9.17) is 9.47 Å². The molecular weight excluding hydrogens is 216 g/mol. The van der Waals surface area contributed by atoms with Gasteiger partial charge in [0.1, 0.15) is 13.2 Å². The molecule has 1 aromatic rings. The highest BCUT2D eigenvalue weighted by atomic mass is 16.6. The molecule has 3 nitrogen and oxygen atoms in total. The summed E-state index contributed by atoms with van der Waals surface area (Å²) in [6, 6.07) is 5.72. The average Bonchev–Trinajstić information content (AvgIpc) is 2.39. The fraction of sp³-hybridized carbons (Fsp3) is 0.571. The smallest absolute Gasteiger partial charge is 0.167 e. The summed E-state index contributed by atoms with van der Waals surface area (Å²) in [5.74, 6) is 1.74. The second-order valence-corrected chi connectivity index (χ2v) is 4.39. The van der Waals surface area contributed by atoms with E-state index in [0.717, 1.165) is 29.9 Å². The van der Waals surface area contributed by atoms with Crippen LogP contribution in [0.1, 0.15) is 38.4 Å². The minimum Gasteiger partial charge on any atom is -0.486 e. The van der Waals surface area contributed by atoms with Gasteiger partial charge in [0.05, 0.1) is 6.10 Å². The molecule has 1 aliphatic rings. The van der Waals surface area contributed by atoms with Crippen LogP contribution in [0.2, 0.25) is 0 Å². The molecule has 3 heteroatoms. The molecule has 1 atom stereocenters. The van der Waals surface area contributed by atoms with Crippen LogP contribution in [-0.4, -0.2) is 18.3 Å². The van der Waals surface area contributed by atoms with Crippen LogP contribution in [-0.2, 0) is 0 Å². The van der Waals surface area contributed by atoms with Gasteiger partial charge in [0.2, 0.25) is 0 Å². The number of hydrogen-bond acceptors (Lipinski definition) is 3. The van der Waals surface area contributed by atoms with E-state index in [2.05, 4.69) is 13.8 Å². The van der Waals surface area contributed by atoms with Gasteiger partial charge in [-0.25, -0.2) is 0 Å². The van der Waals surface area contributed by atoms with Crippen LogP contribution in [0.15, 0.2) is 18.2 Å². The van der Waals surface area contributed by atoms with Gasteiger partial charge < -0.3 is 14.6 Å². The normalized spacial score (nSPS) is 16.0. The number of aliphatic hydroxyl groups excluding tert-OH is 1. The average molecular weight is 236 g/mol. The Kier molecular flexibility index (Phi) is 3.89. The maximum Gasteiger partial charge on any atom is 0.167 e. The van der Waals surface area contributed by atoms with Crippen LogP contribution in [0, 0.1) is 5.92 Å². The molecule has 0 saturated carbocycles. The topological polar surface area (TPSA) is 38.7 Å². The first kappa shape index (κ1) is 12.2. The van der Waals surface area contributed by atoms with Crippen molar-refractivity contribution < 1.29 is 14.6 Å². The lowest BCUT2D eigenvalue weighted by Gasteiger charge is -2.26. The van der Waals surface area contributed by atoms with Crippen LogP contribution < -0.4 is 9.47 Å². The first-order valence-electron chi connectivity index (χ1n) is 6.34. The van der Waals surface area contributed by atoms with E-state index in [0.29, 0.717) is 13.2 Å². The number of benzene rings is 1. The van der Waals surface area contributed by atoms with Gasteiger partial charge in [0.25, 0.3) is 0 Å². The Hall–Kier alpha value is -1.22. The van der Waals surface area contributed by atoms with Crippen molar-refractivity contribution in [1.82, 2.24) is 0 Å². The highest BCUT2D eigenvalue weighted by Gasteiger charge is 2.24. The molecule has 1 aromatic carbocycles. The fourth-order valence-corrected chi connectivity index (χ4v) is 2.32. The Bertz CT molecular complexity index is 372. The number of rotatable bonds is 4. The van der Waals surface area contributed by atoms with Gasteiger partial charge in [0, 0.05) is 5.56 Å². The lowest BCUT2D eigenvalue weighted by Crippen LogP contribution is -2.19. The van der Waals surface area contributed by atoms with Crippen molar-refractivity contribution in [3.05, 3.63) is 23.8 Å². The standard InChI is InChI=1S/C14H20O3/c1-3-10(4-2)13(15)11-6-5-7-12-14(11)17-9-8-16-12/h5-7,10,13,15H,3-4,8-9H2,1-2H3. The third-order valence-corrected chi connectivity index (χ3v) is 3.41. The van der Waals surface area contributed by atoms with Gasteiger partial charge in [0.15, 0.2) is 11.5 Å². The summed E-state index contributed by atoms with van der Waals surface area (Å²) in [6.07, 6.45) is 1.45. The van der Waals surface area contributed by atoms with E-state index in [9.17, 15) is 5.11 Å². The predicted octanol–water partition coefficient (Wildman–Crippen LogP) is 2.93. The van der Waals surface area contributed by atoms with Crippen molar-refractivity contribution in [2.45, 2.75) is 32.8 Å². The first-order valence-corrected chi connectivity index (χ1v) is 6.34. The van der Waals surface area contributed by atoms with Crippen molar-refractivity contribution in [1.29, 1.82) is 0 Å². The van der Waals surface area contributed by atoms with Crippen LogP contribution in [0.5, 0.6) is 11.5 Å². The van der Waals surface area contributed by atoms with Crippen molar-refractivity contribution in [3.8, 4) is 11.5 Å². The summed E-state index contributed by atoms with van der Waals surface area (Å²) in [7, 11) is 0. The molecule has 0 radical (unpaired) electrons. The predicted molar refractivity (Wildman–Crippen MR) is 66.5 cm³/mol. The molecule has 0 aliphatic carbocycles. The van der Waals surface area contributed by atoms with Crippen LogP contribution in [0.25, 0.3) is 0 Å². The molecule has 0 aromatic heterocycles. The number of aliphatic hydroxyl groups is 1. The summed E-state index contributed by atoms with van der Waals surface area (Å²) in [5, 5.41) is 10.4. The molecule has 0 bridgehead atoms. The maximum absolute atomic E-state index is 10.4. The summed E-state index contributed by atoms with van der Waals surface area (Å²) >= 11 is 0. The summed E-state index contributed by atoms with van der Waals surface area (Å²) < 4.78 is 11.2. The van der Waals surface area contributed by atoms with Gasteiger partial charge in [-0.3, -0.25) is 0 Å². The second-order valence-electron chi connectivity index (χ2n) is 4.39. The van der Waals surface area contributed by atoms with E-state index < -0.39 is 6.10 Å². The van der Waals surface area contributed by atoms with E-state index in [1.165, 1.54) is 0 Å². The van der Waals surface area contributed by atoms with Gasteiger partial charge in [-0.05, 0) is 12.0 Å². The Balaban J connectivity index is 2.31. The van der Waals surface area contributed by atoms with Crippen molar-refractivity contribution >= 4 is 0 Å². The van der Waals surface area contributed by atoms with Gasteiger partial charge in [-0.1, -0.05) is 38.8 Å². The SMILES string of the molecule is CCC(CC)C(O)c1cccc2c1OCCO2. The molecule has 0 saturated heterocycles. The molecule has 0 amide bonds. The maximum atomic E-state index is 10.4. The van der Waals surface area contributed by atoms with Crippen LogP contribution >= 0.6 is 0 Å². The van der Waals surface area contributed by atoms with E-state index in [1.807, 2.05) is 18.2 Å². The van der Waals surface area contributed by atoms with Crippen molar-refractivity contribution in [2.75, 3.05) is 13.2 Å². The molecule has 17 heavy (non-hydrogen) atoms. The quantitative estimate of drug-likeness (QED) is 0.873. The largest absolute Gasteiger partial charge is 0.486 e. The third-order valence-electron chi connectivity index (χ3n) is 3.41. The minimum absolute atomic E-state index is 0.270. The van der Waals surface area contributed by atoms with Gasteiger partial charge in [-0.2, -0.15) is 0 Å². The monoisotopic (exact) mass is 236 g/mol. The second kappa shape index (κ2) is 5.41. The Morgan fingerprint density at radius 1 is 1.18 bits per heavy atom. The third kappa shape index (κ3) is 2.39. The zero-order chi connectivity index (χ0) is 12.3. The van der Waals surface area contributed by atoms with Gasteiger partial charge in [-0.15, -0.1) is 0 Å². The number of para-hydroxylation sites is 1. The molecule has 1 unspecified atom stereocenters. The van der Waals surface area contributed by atoms with Crippen molar-refractivity contribution in [3.63, 3.8) is 0 Å². The van der Waals surface area contributed by atoms with Gasteiger partial charge >= 0.3 is 0 Å². The molecule has 1 aliphatic heterocycles. The molecule has 0 spiro atoms. The lowest BCUT2D eigenvalue weighted by atomic mass is 9.90. The van der Waals surface area contributed by atoms with E-state index in [-0.39, 0.29) is 5.92 Å². The van der Waals surface area contributed by atoms with Crippen molar-refractivity contribution in [2.24, 2.45) is 5.92 Å². The molecule has 1 N–H and O–H groups in total. The zero-order valence-corrected chi connectivity index (χ0v) is 10.5. The lowest BCUT2D eigenvalue weighted by molar-refractivity contribution is 0.0939. The number of fused-ring (bicyclic) bond motifs is 1. The number of hydrogen-bond donors (Lipinski definition) is 1. The first-order chi connectivity index (χ1) is 8.27.